The van der Waals surface area contributed by atoms with Gasteiger partial charge in [0, 0.05) is 19.7 Å². The van der Waals surface area contributed by atoms with Crippen LogP contribution in [0.5, 0.6) is 0 Å². The maximum Gasteiger partial charge on any atom is 0.0707 e. The van der Waals surface area contributed by atoms with Gasteiger partial charge in [-0.2, -0.15) is 0 Å². The minimum absolute atomic E-state index is 0.0704. The fourth-order valence-electron chi connectivity index (χ4n) is 2.17. The molecule has 1 aliphatic rings. The summed E-state index contributed by atoms with van der Waals surface area (Å²) in [6, 6.07) is 0.428. The van der Waals surface area contributed by atoms with E-state index in [0.29, 0.717) is 18.1 Å². The fraction of sp³-hybridized carbons (Fsp3) is 1.00. The summed E-state index contributed by atoms with van der Waals surface area (Å²) in [7, 11) is 1.76. The molecule has 16 heavy (non-hydrogen) atoms. The van der Waals surface area contributed by atoms with Crippen molar-refractivity contribution >= 4 is 0 Å². The van der Waals surface area contributed by atoms with Gasteiger partial charge < -0.3 is 14.8 Å². The zero-order valence-corrected chi connectivity index (χ0v) is 11.4. The molecule has 0 aromatic carbocycles. The predicted molar refractivity (Wildman–Crippen MR) is 66.7 cm³/mol. The molecule has 2 unspecified atom stereocenters. The lowest BCUT2D eigenvalue weighted by atomic mass is 10.0. The minimum atomic E-state index is 0.0704. The van der Waals surface area contributed by atoms with Gasteiger partial charge in [0.15, 0.2) is 0 Å². The SMILES string of the molecule is COCC(NCC1CCC(C)(C)O1)C(C)C. The van der Waals surface area contributed by atoms with Gasteiger partial charge in [-0.15, -0.1) is 0 Å². The summed E-state index contributed by atoms with van der Waals surface area (Å²) in [6.45, 7) is 10.5. The van der Waals surface area contributed by atoms with E-state index in [9.17, 15) is 0 Å². The van der Waals surface area contributed by atoms with Crippen molar-refractivity contribution in [3.05, 3.63) is 0 Å². The number of ether oxygens (including phenoxy) is 2. The van der Waals surface area contributed by atoms with Crippen molar-refractivity contribution < 1.29 is 9.47 Å². The Morgan fingerprint density at radius 1 is 1.44 bits per heavy atom. The summed E-state index contributed by atoms with van der Waals surface area (Å²) in [5.74, 6) is 0.592. The summed E-state index contributed by atoms with van der Waals surface area (Å²) < 4.78 is 11.2. The third-order valence-electron chi connectivity index (χ3n) is 3.31. The topological polar surface area (TPSA) is 30.5 Å². The van der Waals surface area contributed by atoms with Crippen LogP contribution in [0.15, 0.2) is 0 Å². The van der Waals surface area contributed by atoms with E-state index in [1.807, 2.05) is 0 Å². The van der Waals surface area contributed by atoms with E-state index in [1.165, 1.54) is 0 Å². The normalized spacial score (nSPS) is 26.2. The Morgan fingerprint density at radius 3 is 2.56 bits per heavy atom. The van der Waals surface area contributed by atoms with Crippen molar-refractivity contribution in [2.75, 3.05) is 20.3 Å². The number of methoxy groups -OCH3 is 1. The molecule has 0 radical (unpaired) electrons. The summed E-state index contributed by atoms with van der Waals surface area (Å²) in [5.41, 5.74) is 0.0704. The largest absolute Gasteiger partial charge is 0.383 e. The molecule has 0 bridgehead atoms. The third-order valence-corrected chi connectivity index (χ3v) is 3.31. The van der Waals surface area contributed by atoms with E-state index in [-0.39, 0.29) is 5.60 Å². The monoisotopic (exact) mass is 229 g/mol. The Balaban J connectivity index is 2.27. The van der Waals surface area contributed by atoms with Gasteiger partial charge >= 0.3 is 0 Å². The lowest BCUT2D eigenvalue weighted by Crippen LogP contribution is -2.42. The van der Waals surface area contributed by atoms with Crippen LogP contribution in [0.3, 0.4) is 0 Å². The highest BCUT2D eigenvalue weighted by atomic mass is 16.5. The zero-order valence-electron chi connectivity index (χ0n) is 11.4. The van der Waals surface area contributed by atoms with Crippen LogP contribution in [0.25, 0.3) is 0 Å². The maximum atomic E-state index is 5.95. The minimum Gasteiger partial charge on any atom is -0.383 e. The Kier molecular flexibility index (Phi) is 5.22. The zero-order chi connectivity index (χ0) is 12.2. The van der Waals surface area contributed by atoms with Gasteiger partial charge in [-0.25, -0.2) is 0 Å². The molecule has 1 fully saturated rings. The quantitative estimate of drug-likeness (QED) is 0.757. The lowest BCUT2D eigenvalue weighted by molar-refractivity contribution is -0.0168. The molecule has 1 saturated heterocycles. The van der Waals surface area contributed by atoms with Crippen molar-refractivity contribution in [1.29, 1.82) is 0 Å². The van der Waals surface area contributed by atoms with Gasteiger partial charge in [-0.1, -0.05) is 13.8 Å². The predicted octanol–water partition coefficient (Wildman–Crippen LogP) is 2.20. The summed E-state index contributed by atoms with van der Waals surface area (Å²) in [4.78, 5) is 0. The van der Waals surface area contributed by atoms with Gasteiger partial charge in [0.05, 0.1) is 18.3 Å². The number of rotatable bonds is 6. The van der Waals surface area contributed by atoms with Crippen molar-refractivity contribution in [3.63, 3.8) is 0 Å². The van der Waals surface area contributed by atoms with Crippen molar-refractivity contribution in [2.24, 2.45) is 5.92 Å². The molecule has 96 valence electrons. The summed E-state index contributed by atoms with van der Waals surface area (Å²) in [6.07, 6.45) is 2.70. The Hall–Kier alpha value is -0.120. The molecule has 1 rings (SSSR count). The Labute approximate surface area is 99.9 Å². The van der Waals surface area contributed by atoms with E-state index in [1.54, 1.807) is 7.11 Å². The molecule has 0 amide bonds. The van der Waals surface area contributed by atoms with E-state index in [2.05, 4.69) is 33.0 Å². The smallest absolute Gasteiger partial charge is 0.0707 e. The standard InChI is InChI=1S/C13H27NO2/c1-10(2)12(9-15-5)14-8-11-6-7-13(3,4)16-11/h10-12,14H,6-9H2,1-5H3. The fourth-order valence-corrected chi connectivity index (χ4v) is 2.17. The highest BCUT2D eigenvalue weighted by molar-refractivity contribution is 4.83. The van der Waals surface area contributed by atoms with Crippen molar-refractivity contribution in [3.8, 4) is 0 Å². The Bertz CT molecular complexity index is 204. The summed E-state index contributed by atoms with van der Waals surface area (Å²) in [5, 5.41) is 3.55. The molecule has 1 heterocycles. The average Bonchev–Trinajstić information content (AvgIpc) is 2.52. The van der Waals surface area contributed by atoms with Crippen LogP contribution in [-0.2, 0) is 9.47 Å². The maximum absolute atomic E-state index is 5.95. The second kappa shape index (κ2) is 5.99. The van der Waals surface area contributed by atoms with Crippen LogP contribution in [0, 0.1) is 5.92 Å². The van der Waals surface area contributed by atoms with Gasteiger partial charge in [0.2, 0.25) is 0 Å². The molecule has 1 aliphatic heterocycles. The first-order valence-electron chi connectivity index (χ1n) is 6.35. The van der Waals surface area contributed by atoms with E-state index >= 15 is 0 Å². The molecule has 0 aromatic heterocycles. The highest BCUT2D eigenvalue weighted by Crippen LogP contribution is 2.28. The van der Waals surface area contributed by atoms with E-state index < -0.39 is 0 Å². The molecular formula is C13H27NO2. The molecule has 0 saturated carbocycles. The first kappa shape index (κ1) is 13.9. The number of hydrogen-bond donors (Lipinski definition) is 1. The van der Waals surface area contributed by atoms with Gasteiger partial charge in [-0.3, -0.25) is 0 Å². The Morgan fingerprint density at radius 2 is 2.12 bits per heavy atom. The first-order valence-corrected chi connectivity index (χ1v) is 6.35. The average molecular weight is 229 g/mol. The highest BCUT2D eigenvalue weighted by Gasteiger charge is 2.31. The van der Waals surface area contributed by atoms with Crippen LogP contribution in [-0.4, -0.2) is 38.0 Å². The van der Waals surface area contributed by atoms with E-state index in [0.717, 1.165) is 26.0 Å². The summed E-state index contributed by atoms with van der Waals surface area (Å²) >= 11 is 0. The molecule has 0 aromatic rings. The van der Waals surface area contributed by atoms with Crippen molar-refractivity contribution in [1.82, 2.24) is 5.32 Å². The van der Waals surface area contributed by atoms with E-state index in [4.69, 9.17) is 9.47 Å². The second-order valence-corrected chi connectivity index (χ2v) is 5.75. The molecular weight excluding hydrogens is 202 g/mol. The van der Waals surface area contributed by atoms with Crippen LogP contribution >= 0.6 is 0 Å². The second-order valence-electron chi connectivity index (χ2n) is 5.75. The first-order chi connectivity index (χ1) is 7.44. The molecule has 3 heteroatoms. The third kappa shape index (κ3) is 4.40. The molecule has 3 nitrogen and oxygen atoms in total. The lowest BCUT2D eigenvalue weighted by Gasteiger charge is -2.25. The van der Waals surface area contributed by atoms with Gasteiger partial charge in [0.1, 0.15) is 0 Å². The molecule has 0 spiro atoms. The van der Waals surface area contributed by atoms with Crippen LogP contribution in [0.4, 0.5) is 0 Å². The van der Waals surface area contributed by atoms with Crippen molar-refractivity contribution in [2.45, 2.75) is 58.3 Å². The number of nitrogens with one attached hydrogen (secondary N) is 1. The number of hydrogen-bond acceptors (Lipinski definition) is 3. The molecule has 0 aliphatic carbocycles. The molecule has 1 N–H and O–H groups in total. The van der Waals surface area contributed by atoms with Crippen LogP contribution < -0.4 is 5.32 Å². The van der Waals surface area contributed by atoms with Gasteiger partial charge in [-0.05, 0) is 32.6 Å². The van der Waals surface area contributed by atoms with Crippen LogP contribution in [0.1, 0.15) is 40.5 Å². The molecule has 2 atom stereocenters. The van der Waals surface area contributed by atoms with Gasteiger partial charge in [0.25, 0.3) is 0 Å². The van der Waals surface area contributed by atoms with Crippen LogP contribution in [0.2, 0.25) is 0 Å².